The number of hydrogen-bond acceptors (Lipinski definition) is 4. The van der Waals surface area contributed by atoms with Gasteiger partial charge in [-0.1, -0.05) is 0 Å². The topological polar surface area (TPSA) is 68.9 Å². The van der Waals surface area contributed by atoms with Crippen LogP contribution in [0.25, 0.3) is 0 Å². The standard InChI is InChI=1S/C7H9N3O/c1-4(11)6-3-9-5(2)10-7(6)8/h3H,1-2H3,(H2,8,9,10). The van der Waals surface area contributed by atoms with E-state index in [0.29, 0.717) is 11.4 Å². The van der Waals surface area contributed by atoms with Crippen molar-refractivity contribution in [2.75, 3.05) is 5.73 Å². The zero-order chi connectivity index (χ0) is 8.43. The van der Waals surface area contributed by atoms with Crippen molar-refractivity contribution in [3.63, 3.8) is 0 Å². The second-order valence-electron chi connectivity index (χ2n) is 2.27. The van der Waals surface area contributed by atoms with Crippen molar-refractivity contribution >= 4 is 11.6 Å². The average molecular weight is 151 g/mol. The molecular weight excluding hydrogens is 142 g/mol. The molecule has 58 valence electrons. The monoisotopic (exact) mass is 151 g/mol. The predicted octanol–water partition coefficient (Wildman–Crippen LogP) is 0.570. The molecule has 4 heteroatoms. The average Bonchev–Trinajstić information content (AvgIpc) is 1.85. The van der Waals surface area contributed by atoms with E-state index in [2.05, 4.69) is 9.97 Å². The van der Waals surface area contributed by atoms with E-state index >= 15 is 0 Å². The molecule has 0 amide bonds. The number of ketones is 1. The fourth-order valence-corrected chi connectivity index (χ4v) is 0.759. The lowest BCUT2D eigenvalue weighted by atomic mass is 10.2. The van der Waals surface area contributed by atoms with Gasteiger partial charge in [-0.15, -0.1) is 0 Å². The van der Waals surface area contributed by atoms with Crippen LogP contribution < -0.4 is 5.73 Å². The zero-order valence-corrected chi connectivity index (χ0v) is 6.46. The third-order valence-corrected chi connectivity index (χ3v) is 1.32. The van der Waals surface area contributed by atoms with Gasteiger partial charge >= 0.3 is 0 Å². The van der Waals surface area contributed by atoms with Gasteiger partial charge in [0.05, 0.1) is 5.56 Å². The van der Waals surface area contributed by atoms with Gasteiger partial charge in [0.1, 0.15) is 11.6 Å². The lowest BCUT2D eigenvalue weighted by Gasteiger charge is -1.99. The molecule has 0 spiro atoms. The molecule has 11 heavy (non-hydrogen) atoms. The second kappa shape index (κ2) is 2.65. The molecule has 0 aliphatic heterocycles. The van der Waals surface area contributed by atoms with Crippen LogP contribution >= 0.6 is 0 Å². The van der Waals surface area contributed by atoms with Crippen LogP contribution in [0.4, 0.5) is 5.82 Å². The zero-order valence-electron chi connectivity index (χ0n) is 6.46. The number of Topliss-reactive ketones (excluding diaryl/α,β-unsaturated/α-hetero) is 1. The van der Waals surface area contributed by atoms with E-state index in [0.717, 1.165) is 0 Å². The lowest BCUT2D eigenvalue weighted by Crippen LogP contribution is -2.04. The largest absolute Gasteiger partial charge is 0.383 e. The van der Waals surface area contributed by atoms with Gasteiger partial charge in [0.15, 0.2) is 5.78 Å². The number of anilines is 1. The van der Waals surface area contributed by atoms with Crippen molar-refractivity contribution in [1.29, 1.82) is 0 Å². The van der Waals surface area contributed by atoms with Crippen molar-refractivity contribution in [2.45, 2.75) is 13.8 Å². The SMILES string of the molecule is CC(=O)c1cnc(C)nc1N. The van der Waals surface area contributed by atoms with Gasteiger partial charge in [-0.25, -0.2) is 9.97 Å². The normalized spacial score (nSPS) is 9.64. The summed E-state index contributed by atoms with van der Waals surface area (Å²) in [6, 6.07) is 0. The number of hydrogen-bond donors (Lipinski definition) is 1. The molecular formula is C7H9N3O. The molecule has 1 aromatic rings. The van der Waals surface area contributed by atoms with Gasteiger partial charge in [-0.3, -0.25) is 4.79 Å². The Bertz CT molecular complexity index is 296. The highest BCUT2D eigenvalue weighted by Crippen LogP contribution is 2.06. The number of aromatic nitrogens is 2. The molecule has 1 aromatic heterocycles. The number of carbonyl (C=O) groups excluding carboxylic acids is 1. The number of nitrogens with zero attached hydrogens (tertiary/aromatic N) is 2. The Labute approximate surface area is 64.5 Å². The first-order chi connectivity index (χ1) is 5.11. The summed E-state index contributed by atoms with van der Waals surface area (Å²) in [6.45, 7) is 3.16. The molecule has 2 N–H and O–H groups in total. The third kappa shape index (κ3) is 1.52. The maximum absolute atomic E-state index is 10.8. The molecule has 1 heterocycles. The molecule has 4 nitrogen and oxygen atoms in total. The van der Waals surface area contributed by atoms with E-state index in [1.54, 1.807) is 6.92 Å². The van der Waals surface area contributed by atoms with Crippen LogP contribution in [0.2, 0.25) is 0 Å². The molecule has 1 rings (SSSR count). The molecule has 0 saturated carbocycles. The van der Waals surface area contributed by atoms with Crippen LogP contribution in [-0.4, -0.2) is 15.8 Å². The Morgan fingerprint density at radius 1 is 1.64 bits per heavy atom. The van der Waals surface area contributed by atoms with Gasteiger partial charge in [-0.2, -0.15) is 0 Å². The van der Waals surface area contributed by atoms with E-state index in [9.17, 15) is 4.79 Å². The van der Waals surface area contributed by atoms with Crippen LogP contribution in [0, 0.1) is 6.92 Å². The quantitative estimate of drug-likeness (QED) is 0.596. The summed E-state index contributed by atoms with van der Waals surface area (Å²) in [4.78, 5) is 18.5. The Kier molecular flexibility index (Phi) is 1.85. The first kappa shape index (κ1) is 7.65. The fraction of sp³-hybridized carbons (Fsp3) is 0.286. The number of aryl methyl sites for hydroxylation is 1. The fourth-order valence-electron chi connectivity index (χ4n) is 0.759. The number of nitrogens with two attached hydrogens (primary N) is 1. The van der Waals surface area contributed by atoms with Crippen molar-refractivity contribution < 1.29 is 4.79 Å². The van der Waals surface area contributed by atoms with Crippen LogP contribution in [0.3, 0.4) is 0 Å². The van der Waals surface area contributed by atoms with Crippen LogP contribution in [-0.2, 0) is 0 Å². The molecule has 0 bridgehead atoms. The molecule has 0 aromatic carbocycles. The predicted molar refractivity (Wildman–Crippen MR) is 41.2 cm³/mol. The smallest absolute Gasteiger partial charge is 0.165 e. The summed E-state index contributed by atoms with van der Waals surface area (Å²) >= 11 is 0. The highest BCUT2D eigenvalue weighted by molar-refractivity contribution is 5.97. The first-order valence-electron chi connectivity index (χ1n) is 3.21. The summed E-state index contributed by atoms with van der Waals surface area (Å²) in [5.74, 6) is 0.722. The van der Waals surface area contributed by atoms with E-state index < -0.39 is 0 Å². The minimum absolute atomic E-state index is 0.109. The molecule has 0 radical (unpaired) electrons. The van der Waals surface area contributed by atoms with E-state index in [4.69, 9.17) is 5.73 Å². The maximum atomic E-state index is 10.8. The van der Waals surface area contributed by atoms with Crippen molar-refractivity contribution in [2.24, 2.45) is 0 Å². The number of nitrogen functional groups attached to an aromatic ring is 1. The summed E-state index contributed by atoms with van der Waals surface area (Å²) in [5, 5.41) is 0. The first-order valence-corrected chi connectivity index (χ1v) is 3.21. The van der Waals surface area contributed by atoms with E-state index in [-0.39, 0.29) is 11.6 Å². The number of rotatable bonds is 1. The second-order valence-corrected chi connectivity index (χ2v) is 2.27. The van der Waals surface area contributed by atoms with Crippen LogP contribution in [0.15, 0.2) is 6.20 Å². The molecule has 0 fully saturated rings. The summed E-state index contributed by atoms with van der Waals surface area (Å²) < 4.78 is 0. The van der Waals surface area contributed by atoms with Crippen molar-refractivity contribution in [1.82, 2.24) is 9.97 Å². The minimum atomic E-state index is -0.109. The number of carbonyl (C=O) groups is 1. The molecule has 0 aliphatic rings. The summed E-state index contributed by atoms with van der Waals surface area (Å²) in [7, 11) is 0. The molecule has 0 atom stereocenters. The minimum Gasteiger partial charge on any atom is -0.383 e. The van der Waals surface area contributed by atoms with Crippen molar-refractivity contribution in [3.05, 3.63) is 17.6 Å². The van der Waals surface area contributed by atoms with Crippen LogP contribution in [0.1, 0.15) is 23.1 Å². The lowest BCUT2D eigenvalue weighted by molar-refractivity contribution is 0.101. The van der Waals surface area contributed by atoms with Gasteiger partial charge in [0.25, 0.3) is 0 Å². The summed E-state index contributed by atoms with van der Waals surface area (Å²) in [6.07, 6.45) is 1.44. The molecule has 0 unspecified atom stereocenters. The van der Waals surface area contributed by atoms with Crippen molar-refractivity contribution in [3.8, 4) is 0 Å². The van der Waals surface area contributed by atoms with E-state index in [1.807, 2.05) is 0 Å². The highest BCUT2D eigenvalue weighted by Gasteiger charge is 2.05. The molecule has 0 aliphatic carbocycles. The van der Waals surface area contributed by atoms with Gasteiger partial charge in [-0.05, 0) is 13.8 Å². The van der Waals surface area contributed by atoms with Gasteiger partial charge in [0, 0.05) is 6.20 Å². The van der Waals surface area contributed by atoms with Crippen LogP contribution in [0.5, 0.6) is 0 Å². The Balaban J connectivity index is 3.20. The molecule has 0 saturated heterocycles. The third-order valence-electron chi connectivity index (χ3n) is 1.32. The Hall–Kier alpha value is -1.45. The maximum Gasteiger partial charge on any atom is 0.165 e. The Morgan fingerprint density at radius 2 is 2.27 bits per heavy atom. The van der Waals surface area contributed by atoms with Gasteiger partial charge < -0.3 is 5.73 Å². The Morgan fingerprint density at radius 3 is 2.73 bits per heavy atom. The summed E-state index contributed by atoms with van der Waals surface area (Å²) in [5.41, 5.74) is 5.84. The highest BCUT2D eigenvalue weighted by atomic mass is 16.1. The van der Waals surface area contributed by atoms with Gasteiger partial charge in [0.2, 0.25) is 0 Å². The van der Waals surface area contributed by atoms with E-state index in [1.165, 1.54) is 13.1 Å².